The summed E-state index contributed by atoms with van der Waals surface area (Å²) < 4.78 is 114. The molecule has 0 heterocycles. The zero-order valence-electron chi connectivity index (χ0n) is 10.9. The van der Waals surface area contributed by atoms with E-state index in [2.05, 4.69) is 6.58 Å². The van der Waals surface area contributed by atoms with E-state index in [4.69, 9.17) is 0 Å². The van der Waals surface area contributed by atoms with Gasteiger partial charge in [-0.15, -0.1) is 0 Å². The van der Waals surface area contributed by atoms with Gasteiger partial charge in [-0.2, -0.15) is 39.5 Å². The Morgan fingerprint density at radius 1 is 0.826 bits per heavy atom. The average molecular weight is 350 g/mol. The van der Waals surface area contributed by atoms with Crippen LogP contribution in [-0.4, -0.2) is 29.7 Å². The lowest BCUT2D eigenvalue weighted by molar-refractivity contribution is -0.386. The van der Waals surface area contributed by atoms with Gasteiger partial charge >= 0.3 is 23.9 Å². The fraction of sp³-hybridized carbons (Fsp3) is 0.308. The Kier molecular flexibility index (Phi) is 4.61. The summed E-state index contributed by atoms with van der Waals surface area (Å²) in [6, 6.07) is 3.09. The highest BCUT2D eigenvalue weighted by molar-refractivity contribution is 6.02. The van der Waals surface area contributed by atoms with Crippen molar-refractivity contribution in [3.05, 3.63) is 42.0 Å². The molecule has 0 fully saturated rings. The van der Waals surface area contributed by atoms with Crippen molar-refractivity contribution in [1.82, 2.24) is 0 Å². The van der Waals surface area contributed by atoms with Crippen molar-refractivity contribution in [1.29, 1.82) is 0 Å². The van der Waals surface area contributed by atoms with Crippen molar-refractivity contribution in [2.45, 2.75) is 23.9 Å². The molecular formula is C13H7F9O. The highest BCUT2D eigenvalue weighted by Crippen LogP contribution is 2.53. The largest absolute Gasteiger partial charge is 0.460 e. The van der Waals surface area contributed by atoms with Gasteiger partial charge in [0, 0.05) is 5.56 Å². The lowest BCUT2D eigenvalue weighted by Gasteiger charge is -2.32. The maximum absolute atomic E-state index is 13.4. The minimum atomic E-state index is -7.10. The van der Waals surface area contributed by atoms with Crippen LogP contribution in [0.1, 0.15) is 15.9 Å². The van der Waals surface area contributed by atoms with Crippen LogP contribution in [0, 0.1) is 0 Å². The number of hydrogen-bond acceptors (Lipinski definition) is 1. The van der Waals surface area contributed by atoms with Gasteiger partial charge < -0.3 is 0 Å². The van der Waals surface area contributed by atoms with Crippen molar-refractivity contribution in [2.75, 3.05) is 0 Å². The summed E-state index contributed by atoms with van der Waals surface area (Å²) in [6.45, 7) is 3.28. The lowest BCUT2D eigenvalue weighted by Crippen LogP contribution is -2.63. The summed E-state index contributed by atoms with van der Waals surface area (Å²) in [7, 11) is 0. The monoisotopic (exact) mass is 350 g/mol. The molecule has 1 rings (SSSR count). The normalized spacial score (nSPS) is 13.8. The third-order valence-corrected chi connectivity index (χ3v) is 2.84. The first kappa shape index (κ1) is 19.0. The number of halogens is 9. The molecule has 0 N–H and O–H groups in total. The Hall–Kier alpha value is -2.00. The van der Waals surface area contributed by atoms with Gasteiger partial charge in [-0.1, -0.05) is 36.9 Å². The van der Waals surface area contributed by atoms with Crippen LogP contribution in [0.5, 0.6) is 0 Å². The zero-order valence-corrected chi connectivity index (χ0v) is 10.9. The number of benzene rings is 1. The molecule has 0 spiro atoms. The predicted octanol–water partition coefficient (Wildman–Crippen LogP) is 4.98. The van der Waals surface area contributed by atoms with Crippen molar-refractivity contribution >= 4 is 11.9 Å². The van der Waals surface area contributed by atoms with Crippen LogP contribution < -0.4 is 0 Å². The first-order valence-corrected chi connectivity index (χ1v) is 5.67. The third kappa shape index (κ3) is 2.93. The molecule has 0 aliphatic heterocycles. The number of rotatable bonds is 5. The number of carbonyl (C=O) groups is 1. The van der Waals surface area contributed by atoms with E-state index in [1.165, 1.54) is 6.08 Å². The first-order valence-electron chi connectivity index (χ1n) is 5.67. The van der Waals surface area contributed by atoms with Gasteiger partial charge in [0.25, 0.3) is 0 Å². The second kappa shape index (κ2) is 5.57. The van der Waals surface area contributed by atoms with Crippen LogP contribution in [-0.2, 0) is 0 Å². The van der Waals surface area contributed by atoms with Crippen molar-refractivity contribution in [3.8, 4) is 0 Å². The Balaban J connectivity index is 3.32. The van der Waals surface area contributed by atoms with E-state index >= 15 is 0 Å². The van der Waals surface area contributed by atoms with E-state index in [9.17, 15) is 44.3 Å². The SMILES string of the molecule is C=Cc1ccc(C(=O)C(F)(F)C(F)(F)C(F)(F)C(F)(F)F)cc1. The van der Waals surface area contributed by atoms with Crippen LogP contribution in [0.25, 0.3) is 6.08 Å². The molecule has 0 atom stereocenters. The molecular weight excluding hydrogens is 343 g/mol. The molecule has 0 amide bonds. The predicted molar refractivity (Wildman–Crippen MR) is 61.8 cm³/mol. The minimum Gasteiger partial charge on any atom is -0.287 e. The molecule has 0 radical (unpaired) electrons. The van der Waals surface area contributed by atoms with Gasteiger partial charge in [0.2, 0.25) is 5.78 Å². The maximum atomic E-state index is 13.4. The molecule has 0 saturated heterocycles. The number of ketones is 1. The van der Waals surface area contributed by atoms with Crippen LogP contribution in [0.15, 0.2) is 30.8 Å². The summed E-state index contributed by atoms with van der Waals surface area (Å²) in [5.41, 5.74) is -0.879. The number of Topliss-reactive ketones (excluding diaryl/α,β-unsaturated/α-hetero) is 1. The van der Waals surface area contributed by atoms with Crippen LogP contribution in [0.4, 0.5) is 39.5 Å². The van der Waals surface area contributed by atoms with E-state index in [1.54, 1.807) is 0 Å². The summed E-state index contributed by atoms with van der Waals surface area (Å²) in [4.78, 5) is 11.3. The van der Waals surface area contributed by atoms with Crippen molar-refractivity contribution in [2.24, 2.45) is 0 Å². The van der Waals surface area contributed by atoms with Gasteiger partial charge in [0.05, 0.1) is 0 Å². The van der Waals surface area contributed by atoms with Gasteiger partial charge in [-0.3, -0.25) is 4.79 Å². The van der Waals surface area contributed by atoms with E-state index in [-0.39, 0.29) is 5.56 Å². The summed E-state index contributed by atoms with van der Waals surface area (Å²) in [5, 5.41) is 0. The second-order valence-electron chi connectivity index (χ2n) is 4.38. The summed E-state index contributed by atoms with van der Waals surface area (Å²) in [5.74, 6) is -23.2. The lowest BCUT2D eigenvalue weighted by atomic mass is 9.95. The Morgan fingerprint density at radius 2 is 1.26 bits per heavy atom. The standard InChI is InChI=1S/C13H7F9O/c1-2-7-3-5-8(6-4-7)9(23)10(14,15)11(16,17)12(18,19)13(20,21)22/h2-6H,1H2. The average Bonchev–Trinajstić information content (AvgIpc) is 2.44. The van der Waals surface area contributed by atoms with E-state index in [0.29, 0.717) is 12.1 Å². The smallest absolute Gasteiger partial charge is 0.287 e. The van der Waals surface area contributed by atoms with Gasteiger partial charge in [-0.25, -0.2) is 0 Å². The molecule has 23 heavy (non-hydrogen) atoms. The number of alkyl halides is 9. The molecule has 0 aromatic heterocycles. The zero-order chi connectivity index (χ0) is 18.3. The maximum Gasteiger partial charge on any atom is 0.460 e. The van der Waals surface area contributed by atoms with Crippen LogP contribution in [0.3, 0.4) is 0 Å². The van der Waals surface area contributed by atoms with Gasteiger partial charge in [0.15, 0.2) is 0 Å². The second-order valence-corrected chi connectivity index (χ2v) is 4.38. The fourth-order valence-electron chi connectivity index (χ4n) is 1.47. The van der Waals surface area contributed by atoms with Gasteiger partial charge in [-0.05, 0) is 5.56 Å². The fourth-order valence-corrected chi connectivity index (χ4v) is 1.47. The van der Waals surface area contributed by atoms with Crippen molar-refractivity contribution < 1.29 is 44.3 Å². The third-order valence-electron chi connectivity index (χ3n) is 2.84. The quantitative estimate of drug-likeness (QED) is 0.541. The Bertz CT molecular complexity index is 599. The minimum absolute atomic E-state index is 0.275. The number of carbonyl (C=O) groups excluding carboxylic acids is 1. The molecule has 0 saturated carbocycles. The molecule has 0 bridgehead atoms. The highest BCUT2D eigenvalue weighted by Gasteiger charge is 2.83. The molecule has 1 aromatic carbocycles. The topological polar surface area (TPSA) is 17.1 Å². The summed E-state index contributed by atoms with van der Waals surface area (Å²) in [6.07, 6.45) is -5.77. The molecule has 0 aliphatic carbocycles. The van der Waals surface area contributed by atoms with E-state index < -0.39 is 35.3 Å². The molecule has 0 unspecified atom stereocenters. The van der Waals surface area contributed by atoms with Crippen LogP contribution in [0.2, 0.25) is 0 Å². The first-order chi connectivity index (χ1) is 10.2. The number of hydrogen-bond donors (Lipinski definition) is 0. The van der Waals surface area contributed by atoms with Crippen LogP contribution >= 0.6 is 0 Å². The molecule has 1 aromatic rings. The van der Waals surface area contributed by atoms with Crippen molar-refractivity contribution in [3.63, 3.8) is 0 Å². The van der Waals surface area contributed by atoms with E-state index in [1.807, 2.05) is 0 Å². The highest BCUT2D eigenvalue weighted by atomic mass is 19.4. The van der Waals surface area contributed by atoms with E-state index in [0.717, 1.165) is 12.1 Å². The molecule has 128 valence electrons. The summed E-state index contributed by atoms with van der Waals surface area (Å²) >= 11 is 0. The Labute approximate surface area is 123 Å². The Morgan fingerprint density at radius 3 is 1.61 bits per heavy atom. The molecule has 10 heteroatoms. The van der Waals surface area contributed by atoms with Gasteiger partial charge in [0.1, 0.15) is 0 Å². The molecule has 0 aliphatic rings. The molecule has 1 nitrogen and oxygen atoms in total.